The lowest BCUT2D eigenvalue weighted by molar-refractivity contribution is -0.111. The van der Waals surface area contributed by atoms with Gasteiger partial charge in [-0.25, -0.2) is 4.98 Å². The fraction of sp³-hybridized carbons (Fsp3) is 0.263. The molecule has 0 aliphatic rings. The highest BCUT2D eigenvalue weighted by molar-refractivity contribution is 7.15. The van der Waals surface area contributed by atoms with E-state index in [2.05, 4.69) is 20.5 Å². The Kier molecular flexibility index (Phi) is 6.31. The van der Waals surface area contributed by atoms with Crippen LogP contribution in [0.5, 0.6) is 5.75 Å². The quantitative estimate of drug-likeness (QED) is 0.584. The van der Waals surface area contributed by atoms with Crippen molar-refractivity contribution in [1.82, 2.24) is 15.2 Å². The summed E-state index contributed by atoms with van der Waals surface area (Å²) in [4.78, 5) is 16.5. The van der Waals surface area contributed by atoms with Gasteiger partial charge >= 0.3 is 0 Å². The minimum atomic E-state index is -0.258. The molecule has 27 heavy (non-hydrogen) atoms. The normalized spacial score (nSPS) is 11.3. The first-order valence-corrected chi connectivity index (χ1v) is 10.2. The number of rotatable bonds is 7. The van der Waals surface area contributed by atoms with E-state index in [0.717, 1.165) is 21.3 Å². The monoisotopic (exact) mass is 400 g/mol. The van der Waals surface area contributed by atoms with Gasteiger partial charge < -0.3 is 4.74 Å². The summed E-state index contributed by atoms with van der Waals surface area (Å²) in [5.74, 6) is 0.728. The second-order valence-corrected chi connectivity index (χ2v) is 8.18. The number of ether oxygens (including phenoxy) is 1. The number of nitrogens with one attached hydrogen (secondary N) is 1. The summed E-state index contributed by atoms with van der Waals surface area (Å²) in [7, 11) is 0. The molecule has 8 heteroatoms. The highest BCUT2D eigenvalue weighted by Crippen LogP contribution is 2.23. The molecule has 2 aromatic heterocycles. The highest BCUT2D eigenvalue weighted by atomic mass is 32.1. The molecule has 0 saturated carbocycles. The van der Waals surface area contributed by atoms with E-state index in [0.29, 0.717) is 17.5 Å². The van der Waals surface area contributed by atoms with Crippen LogP contribution >= 0.6 is 22.7 Å². The van der Waals surface area contributed by atoms with Crippen molar-refractivity contribution in [2.75, 3.05) is 5.32 Å². The zero-order valence-electron chi connectivity index (χ0n) is 15.3. The maximum Gasteiger partial charge on any atom is 0.250 e. The molecule has 0 atom stereocenters. The average molecular weight is 401 g/mol. The molecule has 0 bridgehead atoms. The largest absolute Gasteiger partial charge is 0.487 e. The second kappa shape index (κ2) is 8.88. The van der Waals surface area contributed by atoms with Gasteiger partial charge in [-0.05, 0) is 19.1 Å². The smallest absolute Gasteiger partial charge is 0.250 e. The molecule has 0 radical (unpaired) electrons. The summed E-state index contributed by atoms with van der Waals surface area (Å²) >= 11 is 2.98. The van der Waals surface area contributed by atoms with E-state index >= 15 is 0 Å². The molecule has 3 rings (SSSR count). The fourth-order valence-electron chi connectivity index (χ4n) is 2.21. The molecule has 3 aromatic rings. The van der Waals surface area contributed by atoms with Gasteiger partial charge in [0.2, 0.25) is 11.0 Å². The third-order valence-electron chi connectivity index (χ3n) is 3.54. The van der Waals surface area contributed by atoms with Crippen LogP contribution in [0.15, 0.2) is 35.7 Å². The molecule has 0 unspecified atom stereocenters. The molecule has 0 saturated heterocycles. The van der Waals surface area contributed by atoms with Crippen molar-refractivity contribution in [3.63, 3.8) is 0 Å². The maximum absolute atomic E-state index is 12.1. The number of amides is 1. The van der Waals surface area contributed by atoms with Crippen molar-refractivity contribution in [1.29, 1.82) is 0 Å². The summed E-state index contributed by atoms with van der Waals surface area (Å²) < 4.78 is 5.86. The number of benzene rings is 1. The fourth-order valence-corrected chi connectivity index (χ4v) is 3.55. The van der Waals surface area contributed by atoms with Gasteiger partial charge in [0.05, 0.1) is 10.7 Å². The minimum absolute atomic E-state index is 0.258. The van der Waals surface area contributed by atoms with Gasteiger partial charge in [-0.15, -0.1) is 21.5 Å². The van der Waals surface area contributed by atoms with E-state index in [9.17, 15) is 4.79 Å². The van der Waals surface area contributed by atoms with Gasteiger partial charge in [0, 0.05) is 22.9 Å². The number of aryl methyl sites for hydroxylation is 1. The second-order valence-electron chi connectivity index (χ2n) is 6.11. The Morgan fingerprint density at radius 1 is 1.30 bits per heavy atom. The standard InChI is InChI=1S/C19H20N4O2S2/c1-12(2)18-22-23-19(27-18)21-17(24)9-8-14-6-4-5-7-16(14)25-10-15-11-26-13(3)20-15/h4-9,11-12H,10H2,1-3H3,(H,21,23,24)/b9-8+. The van der Waals surface area contributed by atoms with E-state index < -0.39 is 0 Å². The van der Waals surface area contributed by atoms with Gasteiger partial charge in [0.15, 0.2) is 0 Å². The van der Waals surface area contributed by atoms with Crippen LogP contribution in [0.1, 0.15) is 41.0 Å². The molecule has 0 fully saturated rings. The lowest BCUT2D eigenvalue weighted by atomic mass is 10.2. The molecule has 1 N–H and O–H groups in total. The van der Waals surface area contributed by atoms with E-state index in [4.69, 9.17) is 4.74 Å². The first-order valence-electron chi connectivity index (χ1n) is 8.46. The van der Waals surface area contributed by atoms with Crippen LogP contribution in [0.4, 0.5) is 5.13 Å². The summed E-state index contributed by atoms with van der Waals surface area (Å²) in [5.41, 5.74) is 1.71. The van der Waals surface area contributed by atoms with Gasteiger partial charge in [-0.1, -0.05) is 43.4 Å². The van der Waals surface area contributed by atoms with E-state index in [1.165, 1.54) is 17.4 Å². The number of anilines is 1. The van der Waals surface area contributed by atoms with Crippen LogP contribution in [0.2, 0.25) is 0 Å². The summed E-state index contributed by atoms with van der Waals surface area (Å²) in [6.45, 7) is 6.43. The lowest BCUT2D eigenvalue weighted by Crippen LogP contribution is -2.07. The number of carbonyl (C=O) groups excluding carboxylic acids is 1. The van der Waals surface area contributed by atoms with Crippen LogP contribution in [0, 0.1) is 6.92 Å². The van der Waals surface area contributed by atoms with Crippen LogP contribution in [-0.2, 0) is 11.4 Å². The van der Waals surface area contributed by atoms with E-state index in [1.54, 1.807) is 17.4 Å². The molecule has 140 valence electrons. The number of para-hydroxylation sites is 1. The number of carbonyl (C=O) groups is 1. The highest BCUT2D eigenvalue weighted by Gasteiger charge is 2.09. The van der Waals surface area contributed by atoms with Crippen LogP contribution in [0.3, 0.4) is 0 Å². The molecule has 1 amide bonds. The molecular formula is C19H20N4O2S2. The SMILES string of the molecule is Cc1nc(COc2ccccc2/C=C/C(=O)Nc2nnc(C(C)C)s2)cs1. The van der Waals surface area contributed by atoms with Crippen molar-refractivity contribution in [3.8, 4) is 5.75 Å². The number of hydrogen-bond donors (Lipinski definition) is 1. The van der Waals surface area contributed by atoms with Gasteiger partial charge in [0.1, 0.15) is 17.4 Å². The predicted molar refractivity (Wildman–Crippen MR) is 109 cm³/mol. The summed E-state index contributed by atoms with van der Waals surface area (Å²) in [6.07, 6.45) is 3.19. The van der Waals surface area contributed by atoms with Crippen molar-refractivity contribution >= 4 is 39.8 Å². The maximum atomic E-state index is 12.1. The first kappa shape index (κ1) is 19.2. The zero-order valence-corrected chi connectivity index (χ0v) is 16.9. The summed E-state index contributed by atoms with van der Waals surface area (Å²) in [5, 5.41) is 15.2. The molecule has 0 aliphatic carbocycles. The van der Waals surface area contributed by atoms with Crippen LogP contribution < -0.4 is 10.1 Å². The summed E-state index contributed by atoms with van der Waals surface area (Å²) in [6, 6.07) is 7.56. The van der Waals surface area contributed by atoms with Gasteiger partial charge in [-0.2, -0.15) is 0 Å². The van der Waals surface area contributed by atoms with Crippen molar-refractivity contribution in [3.05, 3.63) is 57.0 Å². The molecule has 2 heterocycles. The van der Waals surface area contributed by atoms with Crippen LogP contribution in [-0.4, -0.2) is 21.1 Å². The van der Waals surface area contributed by atoms with Crippen molar-refractivity contribution in [2.24, 2.45) is 0 Å². The topological polar surface area (TPSA) is 77.0 Å². The third kappa shape index (κ3) is 5.45. The average Bonchev–Trinajstić information content (AvgIpc) is 3.28. The number of aromatic nitrogens is 3. The van der Waals surface area contributed by atoms with E-state index in [1.807, 2.05) is 50.4 Å². The number of nitrogens with zero attached hydrogens (tertiary/aromatic N) is 3. The molecule has 6 nitrogen and oxygen atoms in total. The third-order valence-corrected chi connectivity index (χ3v) is 5.50. The Labute approximate surface area is 166 Å². The molecular weight excluding hydrogens is 380 g/mol. The Balaban J connectivity index is 1.62. The van der Waals surface area contributed by atoms with Gasteiger partial charge in [0.25, 0.3) is 0 Å². The minimum Gasteiger partial charge on any atom is -0.487 e. The Morgan fingerprint density at radius 3 is 2.81 bits per heavy atom. The lowest BCUT2D eigenvalue weighted by Gasteiger charge is -2.07. The zero-order chi connectivity index (χ0) is 19.2. The van der Waals surface area contributed by atoms with Crippen LogP contribution in [0.25, 0.3) is 6.08 Å². The number of hydrogen-bond acceptors (Lipinski definition) is 7. The molecule has 0 spiro atoms. The Morgan fingerprint density at radius 2 is 2.11 bits per heavy atom. The van der Waals surface area contributed by atoms with Crippen molar-refractivity contribution in [2.45, 2.75) is 33.3 Å². The van der Waals surface area contributed by atoms with E-state index in [-0.39, 0.29) is 11.8 Å². The van der Waals surface area contributed by atoms with Crippen molar-refractivity contribution < 1.29 is 9.53 Å². The Bertz CT molecular complexity index is 947. The Hall–Kier alpha value is -2.58. The number of thiazole rings is 1. The van der Waals surface area contributed by atoms with Gasteiger partial charge in [-0.3, -0.25) is 10.1 Å². The predicted octanol–water partition coefficient (Wildman–Crippen LogP) is 4.66. The molecule has 1 aromatic carbocycles. The molecule has 0 aliphatic heterocycles. The first-order chi connectivity index (χ1) is 13.0.